The van der Waals surface area contributed by atoms with Crippen LogP contribution >= 0.6 is 0 Å². The summed E-state index contributed by atoms with van der Waals surface area (Å²) >= 11 is 0. The van der Waals surface area contributed by atoms with Crippen molar-refractivity contribution in [2.24, 2.45) is 46.3 Å². The normalized spacial score (nSPS) is 32.0. The number of fused-ring (bicyclic) bond motifs is 5. The molecule has 0 bridgehead atoms. The Morgan fingerprint density at radius 1 is 0.851 bits per heavy atom. The van der Waals surface area contributed by atoms with Crippen LogP contribution in [0, 0.1) is 46.3 Å². The highest BCUT2D eigenvalue weighted by molar-refractivity contribution is 5.93. The van der Waals surface area contributed by atoms with Gasteiger partial charge in [0.15, 0.2) is 0 Å². The number of anilines is 2. The lowest BCUT2D eigenvalue weighted by Gasteiger charge is -2.58. The number of hydrogen-bond donors (Lipinski definition) is 2. The molecule has 0 aromatic heterocycles. The third-order valence-corrected chi connectivity index (χ3v) is 13.0. The van der Waals surface area contributed by atoms with Crippen LogP contribution in [0.2, 0.25) is 0 Å². The molecule has 3 saturated carbocycles. The highest BCUT2D eigenvalue weighted by Crippen LogP contribution is 2.67. The van der Waals surface area contributed by atoms with E-state index in [4.69, 9.17) is 20.9 Å². The van der Waals surface area contributed by atoms with E-state index in [9.17, 15) is 9.59 Å². The molecule has 6 heteroatoms. The van der Waals surface area contributed by atoms with Crippen LogP contribution in [0.4, 0.5) is 11.4 Å². The van der Waals surface area contributed by atoms with Gasteiger partial charge in [-0.05, 0) is 134 Å². The van der Waals surface area contributed by atoms with Gasteiger partial charge in [-0.2, -0.15) is 0 Å². The molecule has 3 fully saturated rings. The number of rotatable bonds is 9. The number of esters is 2. The molecule has 8 unspecified atom stereocenters. The molecule has 0 spiro atoms. The topological polar surface area (TPSA) is 105 Å². The Labute approximate surface area is 282 Å². The monoisotopic (exact) mass is 640 g/mol. The van der Waals surface area contributed by atoms with Crippen LogP contribution in [0.3, 0.4) is 0 Å². The van der Waals surface area contributed by atoms with Gasteiger partial charge in [-0.1, -0.05) is 65.5 Å². The Morgan fingerprint density at radius 3 is 2.28 bits per heavy atom. The largest absolute Gasteiger partial charge is 0.458 e. The summed E-state index contributed by atoms with van der Waals surface area (Å²) in [6, 6.07) is 11.1. The molecule has 254 valence electrons. The van der Waals surface area contributed by atoms with E-state index in [1.807, 2.05) is 0 Å². The summed E-state index contributed by atoms with van der Waals surface area (Å²) in [4.78, 5) is 25.7. The lowest BCUT2D eigenvalue weighted by atomic mass is 9.47. The molecule has 2 aromatic carbocycles. The highest BCUT2D eigenvalue weighted by atomic mass is 16.5. The zero-order chi connectivity index (χ0) is 33.5. The number of nitrogens with two attached hydrogens (primary N) is 2. The molecule has 6 rings (SSSR count). The molecule has 0 heterocycles. The van der Waals surface area contributed by atoms with Gasteiger partial charge in [-0.3, -0.25) is 0 Å². The van der Waals surface area contributed by atoms with Gasteiger partial charge in [0.2, 0.25) is 0 Å². The van der Waals surface area contributed by atoms with Crippen molar-refractivity contribution in [3.63, 3.8) is 0 Å². The highest BCUT2D eigenvalue weighted by Gasteiger charge is 2.59. The molecule has 47 heavy (non-hydrogen) atoms. The predicted molar refractivity (Wildman–Crippen MR) is 189 cm³/mol. The fourth-order valence-electron chi connectivity index (χ4n) is 10.6. The third-order valence-electron chi connectivity index (χ3n) is 13.0. The van der Waals surface area contributed by atoms with Gasteiger partial charge in [0.25, 0.3) is 0 Å². The van der Waals surface area contributed by atoms with E-state index in [0.29, 0.717) is 28.1 Å². The third kappa shape index (κ3) is 6.71. The van der Waals surface area contributed by atoms with Crippen LogP contribution < -0.4 is 16.2 Å². The molecule has 0 saturated heterocycles. The first-order chi connectivity index (χ1) is 22.4. The lowest BCUT2D eigenvalue weighted by Crippen LogP contribution is -2.51. The first kappa shape index (κ1) is 33.6. The fraction of sp³-hybridized carbons (Fsp3) is 0.610. The Kier molecular flexibility index (Phi) is 9.53. The van der Waals surface area contributed by atoms with E-state index in [2.05, 4.69) is 40.7 Å². The molecule has 8 atom stereocenters. The van der Waals surface area contributed by atoms with Crippen LogP contribution in [-0.2, 0) is 4.74 Å². The maximum atomic E-state index is 13.2. The van der Waals surface area contributed by atoms with Crippen molar-refractivity contribution < 1.29 is 19.1 Å². The van der Waals surface area contributed by atoms with Gasteiger partial charge in [-0.15, -0.1) is 0 Å². The van der Waals surface area contributed by atoms with Gasteiger partial charge < -0.3 is 20.9 Å². The maximum absolute atomic E-state index is 13.2. The number of allylic oxidation sites excluding steroid dienone is 1. The average Bonchev–Trinajstić information content (AvgIpc) is 3.38. The zero-order valence-electron chi connectivity index (χ0n) is 29.2. The first-order valence-corrected chi connectivity index (χ1v) is 18.3. The minimum Gasteiger partial charge on any atom is -0.458 e. The second-order valence-corrected chi connectivity index (χ2v) is 16.4. The Bertz CT molecular complexity index is 1480. The molecule has 0 aliphatic heterocycles. The van der Waals surface area contributed by atoms with Crippen LogP contribution in [0.5, 0.6) is 5.75 Å². The van der Waals surface area contributed by atoms with Crippen LogP contribution in [-0.4, -0.2) is 18.0 Å². The molecular formula is C41H56N2O4. The minimum atomic E-state index is -0.561. The second kappa shape index (κ2) is 13.3. The van der Waals surface area contributed by atoms with Gasteiger partial charge in [0.1, 0.15) is 11.9 Å². The molecule has 0 radical (unpaired) electrons. The van der Waals surface area contributed by atoms with E-state index in [1.54, 1.807) is 30.3 Å². The smallest absolute Gasteiger partial charge is 0.343 e. The predicted octanol–water partition coefficient (Wildman–Crippen LogP) is 9.64. The van der Waals surface area contributed by atoms with Gasteiger partial charge >= 0.3 is 11.9 Å². The van der Waals surface area contributed by atoms with E-state index >= 15 is 0 Å². The first-order valence-electron chi connectivity index (χ1n) is 18.3. The van der Waals surface area contributed by atoms with Crippen molar-refractivity contribution in [3.05, 3.63) is 65.2 Å². The molecule has 0 amide bonds. The van der Waals surface area contributed by atoms with Crippen LogP contribution in [0.15, 0.2) is 54.1 Å². The van der Waals surface area contributed by atoms with Crippen LogP contribution in [0.1, 0.15) is 126 Å². The summed E-state index contributed by atoms with van der Waals surface area (Å²) < 4.78 is 11.6. The van der Waals surface area contributed by atoms with Crippen LogP contribution in [0.25, 0.3) is 0 Å². The second-order valence-electron chi connectivity index (χ2n) is 16.4. The summed E-state index contributed by atoms with van der Waals surface area (Å²) in [5, 5.41) is 0. The Morgan fingerprint density at radius 2 is 1.57 bits per heavy atom. The minimum absolute atomic E-state index is 0.110. The summed E-state index contributed by atoms with van der Waals surface area (Å²) in [7, 11) is 0. The fourth-order valence-corrected chi connectivity index (χ4v) is 10.6. The Balaban J connectivity index is 1.05. The van der Waals surface area contributed by atoms with Gasteiger partial charge in [0, 0.05) is 17.8 Å². The van der Waals surface area contributed by atoms with Crippen molar-refractivity contribution in [1.29, 1.82) is 0 Å². The average molecular weight is 641 g/mol. The summed E-state index contributed by atoms with van der Waals surface area (Å²) in [5.41, 5.74) is 15.3. The molecule has 6 nitrogen and oxygen atoms in total. The summed E-state index contributed by atoms with van der Waals surface area (Å²) in [6.07, 6.45) is 16.1. The molecule has 4 aliphatic rings. The van der Waals surface area contributed by atoms with Crippen molar-refractivity contribution in [1.82, 2.24) is 0 Å². The van der Waals surface area contributed by atoms with Gasteiger partial charge in [0.05, 0.1) is 11.1 Å². The standard InChI is InChI=1S/C41H56N2O4/c1-25(2)7-6-8-26(3)35-15-16-36-34-14-11-29-23-33(17-19-40(29,4)37(34)18-20-41(35,36)5)47-38(44)27-9-12-32(13-10-27)46-39(45)28-21-30(42)24-31(43)22-28/h9-13,21-22,24-26,33-37H,6-8,14-20,23,42-43H2,1-5H3. The quantitative estimate of drug-likeness (QED) is 0.122. The lowest BCUT2D eigenvalue weighted by molar-refractivity contribution is -0.0594. The van der Waals surface area contributed by atoms with Crippen molar-refractivity contribution in [3.8, 4) is 5.75 Å². The molecular weight excluding hydrogens is 584 g/mol. The van der Waals surface area contributed by atoms with Crippen molar-refractivity contribution >= 4 is 23.3 Å². The molecule has 4 N–H and O–H groups in total. The molecule has 4 aliphatic carbocycles. The van der Waals surface area contributed by atoms with E-state index < -0.39 is 5.97 Å². The maximum Gasteiger partial charge on any atom is 0.343 e. The van der Waals surface area contributed by atoms with Crippen molar-refractivity contribution in [2.75, 3.05) is 11.5 Å². The number of carbonyl (C=O) groups is 2. The van der Waals surface area contributed by atoms with Crippen molar-refractivity contribution in [2.45, 2.75) is 111 Å². The summed E-state index contributed by atoms with van der Waals surface area (Å²) in [5.74, 6) is 4.33. The number of nitrogen functional groups attached to an aromatic ring is 2. The number of benzene rings is 2. The Hall–Kier alpha value is -3.28. The number of hydrogen-bond acceptors (Lipinski definition) is 6. The van der Waals surface area contributed by atoms with E-state index in [0.717, 1.165) is 54.8 Å². The SMILES string of the molecule is CC(C)CCCC(C)C1CCC2C3CC=C4CC(OC(=O)c5ccc(OC(=O)c6cc(N)cc(N)c6)cc5)CCC4(C)C3CCC12C. The van der Waals surface area contributed by atoms with E-state index in [-0.39, 0.29) is 23.1 Å². The number of ether oxygens (including phenoxy) is 2. The number of carbonyl (C=O) groups excluding carboxylic acids is 2. The van der Waals surface area contributed by atoms with Gasteiger partial charge in [-0.25, -0.2) is 9.59 Å². The summed E-state index contributed by atoms with van der Waals surface area (Å²) in [6.45, 7) is 12.4. The molecule has 2 aromatic rings. The zero-order valence-corrected chi connectivity index (χ0v) is 29.2. The van der Waals surface area contributed by atoms with E-state index in [1.165, 1.54) is 69.1 Å².